The van der Waals surface area contributed by atoms with E-state index in [2.05, 4.69) is 10.4 Å². The molecule has 0 spiro atoms. The Hall–Kier alpha value is -2.32. The molecule has 0 saturated heterocycles. The number of carbonyl (C=O) groups is 2. The minimum Gasteiger partial charge on any atom is -0.465 e. The highest BCUT2D eigenvalue weighted by Crippen LogP contribution is 2.55. The average Bonchev–Trinajstić information content (AvgIpc) is 3.29. The third-order valence-corrected chi connectivity index (χ3v) is 10.3. The van der Waals surface area contributed by atoms with Crippen LogP contribution in [0.2, 0.25) is 0 Å². The lowest BCUT2D eigenvalue weighted by Gasteiger charge is -2.58. The number of ether oxygens (including phenoxy) is 1. The minimum absolute atomic E-state index is 0.0600. The lowest BCUT2D eigenvalue weighted by atomic mass is 9.52. The lowest BCUT2D eigenvalue weighted by Crippen LogP contribution is -2.61. The summed E-state index contributed by atoms with van der Waals surface area (Å²) in [6, 6.07) is 7.30. The standard InChI is InChI=1S/C28H35N3O4S/c1-35-27(33)18-7-9-21(10-8-18)31-26(36-22-5-3-2-4-6-22)23(16-29-31)25(32)30-24-19-11-17-12-20(24)15-28(34,13-17)14-19/h7-10,16-17,19-20,22,24,34H,2-6,11-15H2,1H3,(H,30,32). The van der Waals surface area contributed by atoms with E-state index in [1.165, 1.54) is 26.4 Å². The molecule has 5 aliphatic carbocycles. The second-order valence-electron chi connectivity index (χ2n) is 11.4. The van der Waals surface area contributed by atoms with Gasteiger partial charge in [-0.25, -0.2) is 9.48 Å². The van der Waals surface area contributed by atoms with Crippen molar-refractivity contribution in [3.8, 4) is 5.69 Å². The molecule has 0 radical (unpaired) electrons. The summed E-state index contributed by atoms with van der Waals surface area (Å²) in [7, 11) is 1.37. The van der Waals surface area contributed by atoms with Gasteiger partial charge in [-0.1, -0.05) is 19.3 Å². The van der Waals surface area contributed by atoms with Gasteiger partial charge in [0.05, 0.1) is 35.7 Å². The molecule has 1 aromatic heterocycles. The van der Waals surface area contributed by atoms with Crippen molar-refractivity contribution >= 4 is 23.6 Å². The van der Waals surface area contributed by atoms with Crippen molar-refractivity contribution in [2.75, 3.05) is 7.11 Å². The first-order valence-electron chi connectivity index (χ1n) is 13.4. The van der Waals surface area contributed by atoms with Crippen LogP contribution in [0.1, 0.15) is 84.9 Å². The average molecular weight is 510 g/mol. The fraction of sp³-hybridized carbons (Fsp3) is 0.607. The first-order valence-corrected chi connectivity index (χ1v) is 14.3. The van der Waals surface area contributed by atoms with Gasteiger partial charge < -0.3 is 15.2 Å². The summed E-state index contributed by atoms with van der Waals surface area (Å²) in [6.45, 7) is 0. The number of esters is 1. The number of hydrogen-bond acceptors (Lipinski definition) is 6. The molecule has 2 N–H and O–H groups in total. The van der Waals surface area contributed by atoms with Gasteiger partial charge in [-0.05, 0) is 87.0 Å². The van der Waals surface area contributed by atoms with Gasteiger partial charge in [0, 0.05) is 11.3 Å². The SMILES string of the molecule is COC(=O)c1ccc(-n2ncc(C(=O)NC3C4CC5CC3CC(O)(C5)C4)c2SC2CCCCC2)cc1. The second kappa shape index (κ2) is 9.53. The van der Waals surface area contributed by atoms with Crippen LogP contribution < -0.4 is 5.32 Å². The van der Waals surface area contributed by atoms with Gasteiger partial charge in [0.2, 0.25) is 0 Å². The number of thioether (sulfide) groups is 1. The number of aromatic nitrogens is 2. The van der Waals surface area contributed by atoms with Gasteiger partial charge >= 0.3 is 5.97 Å². The highest BCUT2D eigenvalue weighted by molar-refractivity contribution is 8.00. The molecule has 5 aliphatic rings. The number of hydrogen-bond donors (Lipinski definition) is 2. The van der Waals surface area contributed by atoms with Gasteiger partial charge in [-0.15, -0.1) is 11.8 Å². The van der Waals surface area contributed by atoms with E-state index in [0.29, 0.717) is 34.1 Å². The van der Waals surface area contributed by atoms with Crippen LogP contribution in [-0.2, 0) is 4.74 Å². The molecule has 7 rings (SSSR count). The molecule has 4 bridgehead atoms. The normalized spacial score (nSPS) is 31.4. The van der Waals surface area contributed by atoms with Crippen molar-refractivity contribution in [3.05, 3.63) is 41.6 Å². The van der Waals surface area contributed by atoms with Gasteiger partial charge in [-0.3, -0.25) is 4.79 Å². The van der Waals surface area contributed by atoms with E-state index in [0.717, 1.165) is 55.7 Å². The monoisotopic (exact) mass is 509 g/mol. The van der Waals surface area contributed by atoms with E-state index in [9.17, 15) is 14.7 Å². The maximum Gasteiger partial charge on any atom is 0.337 e. The summed E-state index contributed by atoms with van der Waals surface area (Å²) in [5.41, 5.74) is 1.41. The van der Waals surface area contributed by atoms with Crippen molar-refractivity contribution in [3.63, 3.8) is 0 Å². The number of methoxy groups -OCH3 is 1. The van der Waals surface area contributed by atoms with E-state index in [-0.39, 0.29) is 17.9 Å². The number of benzene rings is 1. The largest absolute Gasteiger partial charge is 0.465 e. The van der Waals surface area contributed by atoms with Crippen LogP contribution >= 0.6 is 11.8 Å². The van der Waals surface area contributed by atoms with Crippen molar-refractivity contribution in [2.45, 2.75) is 86.1 Å². The molecule has 5 saturated carbocycles. The Morgan fingerprint density at radius 1 is 1.08 bits per heavy atom. The zero-order chi connectivity index (χ0) is 24.9. The Kier molecular flexibility index (Phi) is 6.36. The third kappa shape index (κ3) is 4.47. The van der Waals surface area contributed by atoms with Crippen molar-refractivity contribution < 1.29 is 19.4 Å². The molecule has 36 heavy (non-hydrogen) atoms. The van der Waals surface area contributed by atoms with E-state index < -0.39 is 5.60 Å². The molecule has 7 nitrogen and oxygen atoms in total. The van der Waals surface area contributed by atoms with Crippen LogP contribution in [0.5, 0.6) is 0 Å². The maximum atomic E-state index is 13.7. The Morgan fingerprint density at radius 2 is 1.78 bits per heavy atom. The first-order chi connectivity index (χ1) is 17.4. The van der Waals surface area contributed by atoms with Gasteiger partial charge in [0.1, 0.15) is 5.03 Å². The number of nitrogens with zero attached hydrogens (tertiary/aromatic N) is 2. The molecule has 5 fully saturated rings. The Labute approximate surface area is 216 Å². The fourth-order valence-electron chi connectivity index (χ4n) is 7.43. The highest BCUT2D eigenvalue weighted by atomic mass is 32.2. The number of carbonyl (C=O) groups excluding carboxylic acids is 2. The van der Waals surface area contributed by atoms with E-state index in [1.54, 1.807) is 30.1 Å². The highest BCUT2D eigenvalue weighted by Gasteiger charge is 2.55. The molecule has 2 unspecified atom stereocenters. The lowest BCUT2D eigenvalue weighted by molar-refractivity contribution is -0.136. The van der Waals surface area contributed by atoms with Crippen LogP contribution in [0.4, 0.5) is 0 Å². The molecular formula is C28H35N3O4S. The Balaban J connectivity index is 1.27. The third-order valence-electron chi connectivity index (χ3n) is 8.87. The van der Waals surface area contributed by atoms with Crippen molar-refractivity contribution in [1.82, 2.24) is 15.1 Å². The van der Waals surface area contributed by atoms with Crippen LogP contribution in [0, 0.1) is 17.8 Å². The first kappa shape index (κ1) is 24.0. The Morgan fingerprint density at radius 3 is 2.42 bits per heavy atom. The molecule has 0 aliphatic heterocycles. The van der Waals surface area contributed by atoms with E-state index in [4.69, 9.17) is 4.74 Å². The Bertz CT molecular complexity index is 1120. The smallest absolute Gasteiger partial charge is 0.337 e. The van der Waals surface area contributed by atoms with Gasteiger partial charge in [0.15, 0.2) is 0 Å². The van der Waals surface area contributed by atoms with Crippen LogP contribution in [-0.4, -0.2) is 50.8 Å². The summed E-state index contributed by atoms with van der Waals surface area (Å²) in [5.74, 6) is 0.893. The summed E-state index contributed by atoms with van der Waals surface area (Å²) < 4.78 is 6.67. The zero-order valence-electron chi connectivity index (χ0n) is 20.8. The molecule has 2 aromatic rings. The number of nitrogens with one attached hydrogen (secondary N) is 1. The molecule has 1 amide bonds. The van der Waals surface area contributed by atoms with Gasteiger partial charge in [0.25, 0.3) is 5.91 Å². The zero-order valence-corrected chi connectivity index (χ0v) is 21.6. The quantitative estimate of drug-likeness (QED) is 0.546. The summed E-state index contributed by atoms with van der Waals surface area (Å²) in [6.07, 6.45) is 12.5. The molecule has 1 aromatic carbocycles. The predicted octanol–water partition coefficient (Wildman–Crippen LogP) is 4.75. The maximum absolute atomic E-state index is 13.7. The number of amides is 1. The molecule has 2 atom stereocenters. The summed E-state index contributed by atoms with van der Waals surface area (Å²) >= 11 is 1.76. The van der Waals surface area contributed by atoms with E-state index >= 15 is 0 Å². The minimum atomic E-state index is -0.513. The van der Waals surface area contributed by atoms with Crippen LogP contribution in [0.25, 0.3) is 5.69 Å². The topological polar surface area (TPSA) is 93.5 Å². The molecule has 192 valence electrons. The number of rotatable bonds is 6. The molecular weight excluding hydrogens is 474 g/mol. The second-order valence-corrected chi connectivity index (χ2v) is 12.7. The van der Waals surface area contributed by atoms with Gasteiger partial charge in [-0.2, -0.15) is 5.10 Å². The number of aliphatic hydroxyl groups is 1. The summed E-state index contributed by atoms with van der Waals surface area (Å²) in [4.78, 5) is 25.6. The van der Waals surface area contributed by atoms with Crippen molar-refractivity contribution in [1.29, 1.82) is 0 Å². The molecule has 1 heterocycles. The predicted molar refractivity (Wildman–Crippen MR) is 137 cm³/mol. The summed E-state index contributed by atoms with van der Waals surface area (Å²) in [5, 5.41) is 20.3. The van der Waals surface area contributed by atoms with Crippen molar-refractivity contribution in [2.24, 2.45) is 17.8 Å². The van der Waals surface area contributed by atoms with Crippen LogP contribution in [0.15, 0.2) is 35.5 Å². The fourth-order valence-corrected chi connectivity index (χ4v) is 8.84. The molecule has 8 heteroatoms. The van der Waals surface area contributed by atoms with Crippen LogP contribution in [0.3, 0.4) is 0 Å². The van der Waals surface area contributed by atoms with E-state index in [1.807, 2.05) is 16.8 Å².